The van der Waals surface area contributed by atoms with Crippen molar-refractivity contribution in [3.8, 4) is 0 Å². The molecule has 2 saturated heterocycles. The molecule has 5 heteroatoms. The number of amides is 2. The molecule has 2 aliphatic heterocycles. The Bertz CT molecular complexity index is 518. The van der Waals surface area contributed by atoms with E-state index < -0.39 is 0 Å². The van der Waals surface area contributed by atoms with Crippen LogP contribution in [0.25, 0.3) is 0 Å². The van der Waals surface area contributed by atoms with Gasteiger partial charge in [0.25, 0.3) is 0 Å². The van der Waals surface area contributed by atoms with Crippen molar-refractivity contribution in [2.75, 3.05) is 19.6 Å². The van der Waals surface area contributed by atoms with Crippen molar-refractivity contribution >= 4 is 11.8 Å². The average Bonchev–Trinajstić information content (AvgIpc) is 2.83. The van der Waals surface area contributed by atoms with Crippen LogP contribution in [0.2, 0.25) is 0 Å². The molecule has 3 rings (SSSR count). The Kier molecular flexibility index (Phi) is 4.20. The highest BCUT2D eigenvalue weighted by molar-refractivity contribution is 5.88. The molecule has 0 radical (unpaired) electrons. The molecule has 1 aromatic rings. The lowest BCUT2D eigenvalue weighted by atomic mass is 9.94. The van der Waals surface area contributed by atoms with Gasteiger partial charge in [-0.05, 0) is 24.9 Å². The first kappa shape index (κ1) is 14.1. The lowest BCUT2D eigenvalue weighted by Crippen LogP contribution is -2.41. The third-order valence-corrected chi connectivity index (χ3v) is 4.30. The molecule has 2 unspecified atom stereocenters. The van der Waals surface area contributed by atoms with Crippen LogP contribution in [0, 0.1) is 5.92 Å². The first-order chi connectivity index (χ1) is 10.2. The predicted octanol–water partition coefficient (Wildman–Crippen LogP) is 0.513. The standard InChI is InChI=1S/C16H21N3O2/c20-15(18-9-12-5-2-1-3-6-12)11-19-10-14-13(16(19)21)7-4-8-17-14/h1-3,5-6,13-14,17H,4,7-11H2,(H,18,20). The smallest absolute Gasteiger partial charge is 0.239 e. The van der Waals surface area contributed by atoms with Gasteiger partial charge < -0.3 is 15.5 Å². The van der Waals surface area contributed by atoms with E-state index in [0.717, 1.165) is 24.9 Å². The van der Waals surface area contributed by atoms with Gasteiger partial charge in [-0.1, -0.05) is 30.3 Å². The minimum atomic E-state index is -0.0918. The number of hydrogen-bond acceptors (Lipinski definition) is 3. The SMILES string of the molecule is O=C(CN1CC2NCCCC2C1=O)NCc1ccccc1. The quantitative estimate of drug-likeness (QED) is 0.848. The van der Waals surface area contributed by atoms with Crippen LogP contribution >= 0.6 is 0 Å². The average molecular weight is 287 g/mol. The maximum Gasteiger partial charge on any atom is 0.239 e. The second kappa shape index (κ2) is 6.26. The number of benzene rings is 1. The van der Waals surface area contributed by atoms with Crippen LogP contribution in [0.1, 0.15) is 18.4 Å². The van der Waals surface area contributed by atoms with Crippen LogP contribution in [-0.2, 0) is 16.1 Å². The highest BCUT2D eigenvalue weighted by atomic mass is 16.2. The molecule has 1 aromatic carbocycles. The molecule has 5 nitrogen and oxygen atoms in total. The maximum absolute atomic E-state index is 12.3. The summed E-state index contributed by atoms with van der Waals surface area (Å²) in [6, 6.07) is 10.0. The number of nitrogens with one attached hydrogen (secondary N) is 2. The van der Waals surface area contributed by atoms with E-state index in [0.29, 0.717) is 13.1 Å². The molecule has 0 aromatic heterocycles. The van der Waals surface area contributed by atoms with Gasteiger partial charge in [0.2, 0.25) is 11.8 Å². The van der Waals surface area contributed by atoms with Crippen molar-refractivity contribution in [1.82, 2.24) is 15.5 Å². The molecule has 0 spiro atoms. The van der Waals surface area contributed by atoms with Gasteiger partial charge in [-0.2, -0.15) is 0 Å². The molecule has 0 bridgehead atoms. The Hall–Kier alpha value is -1.88. The molecule has 112 valence electrons. The summed E-state index contributed by atoms with van der Waals surface area (Å²) >= 11 is 0. The molecule has 2 aliphatic rings. The van der Waals surface area contributed by atoms with Crippen molar-refractivity contribution in [3.05, 3.63) is 35.9 Å². The number of nitrogens with zero attached hydrogens (tertiary/aromatic N) is 1. The predicted molar refractivity (Wildman–Crippen MR) is 79.4 cm³/mol. The van der Waals surface area contributed by atoms with Gasteiger partial charge in [-0.3, -0.25) is 9.59 Å². The summed E-state index contributed by atoms with van der Waals surface area (Å²) in [6.45, 7) is 2.30. The molecule has 2 amide bonds. The molecule has 2 heterocycles. The Balaban J connectivity index is 1.50. The monoisotopic (exact) mass is 287 g/mol. The third-order valence-electron chi connectivity index (χ3n) is 4.30. The molecular weight excluding hydrogens is 266 g/mol. The number of likely N-dealkylation sites (tertiary alicyclic amines) is 1. The second-order valence-electron chi connectivity index (χ2n) is 5.79. The molecule has 0 aliphatic carbocycles. The van der Waals surface area contributed by atoms with Crippen molar-refractivity contribution in [1.29, 1.82) is 0 Å². The fourth-order valence-electron chi connectivity index (χ4n) is 3.17. The van der Waals surface area contributed by atoms with Gasteiger partial charge in [0, 0.05) is 19.1 Å². The van der Waals surface area contributed by atoms with Crippen molar-refractivity contribution in [2.24, 2.45) is 5.92 Å². The largest absolute Gasteiger partial charge is 0.350 e. The first-order valence-electron chi connectivity index (χ1n) is 7.57. The van der Waals surface area contributed by atoms with Gasteiger partial charge in [0.05, 0.1) is 12.5 Å². The molecule has 2 fully saturated rings. The van der Waals surface area contributed by atoms with E-state index in [-0.39, 0.29) is 30.3 Å². The lowest BCUT2D eigenvalue weighted by Gasteiger charge is -2.23. The van der Waals surface area contributed by atoms with Gasteiger partial charge in [0.1, 0.15) is 0 Å². The topological polar surface area (TPSA) is 61.4 Å². The summed E-state index contributed by atoms with van der Waals surface area (Å²) in [5.41, 5.74) is 1.06. The number of fused-ring (bicyclic) bond motifs is 1. The fourth-order valence-corrected chi connectivity index (χ4v) is 3.17. The highest BCUT2D eigenvalue weighted by Gasteiger charge is 2.41. The summed E-state index contributed by atoms with van der Waals surface area (Å²) < 4.78 is 0. The summed E-state index contributed by atoms with van der Waals surface area (Å²) in [7, 11) is 0. The summed E-state index contributed by atoms with van der Waals surface area (Å²) in [6.07, 6.45) is 1.99. The van der Waals surface area contributed by atoms with E-state index in [1.54, 1.807) is 4.90 Å². The number of hydrogen-bond donors (Lipinski definition) is 2. The second-order valence-corrected chi connectivity index (χ2v) is 5.79. The van der Waals surface area contributed by atoms with Crippen LogP contribution in [0.3, 0.4) is 0 Å². The zero-order valence-electron chi connectivity index (χ0n) is 12.0. The first-order valence-corrected chi connectivity index (χ1v) is 7.57. The van der Waals surface area contributed by atoms with Crippen LogP contribution < -0.4 is 10.6 Å². The van der Waals surface area contributed by atoms with Crippen molar-refractivity contribution in [2.45, 2.75) is 25.4 Å². The molecular formula is C16H21N3O2. The van der Waals surface area contributed by atoms with Crippen LogP contribution in [-0.4, -0.2) is 42.4 Å². The van der Waals surface area contributed by atoms with E-state index in [2.05, 4.69) is 10.6 Å². The number of carbonyl (C=O) groups excluding carboxylic acids is 2. The van der Waals surface area contributed by atoms with Crippen LogP contribution in [0.5, 0.6) is 0 Å². The summed E-state index contributed by atoms with van der Waals surface area (Å²) in [5, 5.41) is 6.25. The maximum atomic E-state index is 12.3. The zero-order chi connectivity index (χ0) is 14.7. The van der Waals surface area contributed by atoms with E-state index in [4.69, 9.17) is 0 Å². The van der Waals surface area contributed by atoms with E-state index in [1.807, 2.05) is 30.3 Å². The van der Waals surface area contributed by atoms with E-state index >= 15 is 0 Å². The van der Waals surface area contributed by atoms with Crippen molar-refractivity contribution in [3.63, 3.8) is 0 Å². The van der Waals surface area contributed by atoms with Crippen LogP contribution in [0.4, 0.5) is 0 Å². The number of rotatable bonds is 4. The molecule has 2 atom stereocenters. The lowest BCUT2D eigenvalue weighted by molar-refractivity contribution is -0.135. The van der Waals surface area contributed by atoms with Gasteiger partial charge >= 0.3 is 0 Å². The van der Waals surface area contributed by atoms with Crippen molar-refractivity contribution < 1.29 is 9.59 Å². The van der Waals surface area contributed by atoms with Crippen LogP contribution in [0.15, 0.2) is 30.3 Å². The molecule has 21 heavy (non-hydrogen) atoms. The van der Waals surface area contributed by atoms with E-state index in [1.165, 1.54) is 0 Å². The molecule has 2 N–H and O–H groups in total. The van der Waals surface area contributed by atoms with E-state index in [9.17, 15) is 9.59 Å². The summed E-state index contributed by atoms with van der Waals surface area (Å²) in [4.78, 5) is 25.9. The zero-order valence-corrected chi connectivity index (χ0v) is 12.0. The Morgan fingerprint density at radius 3 is 2.90 bits per heavy atom. The fraction of sp³-hybridized carbons (Fsp3) is 0.500. The van der Waals surface area contributed by atoms with Gasteiger partial charge in [-0.15, -0.1) is 0 Å². The number of carbonyl (C=O) groups is 2. The Morgan fingerprint density at radius 1 is 1.33 bits per heavy atom. The Morgan fingerprint density at radius 2 is 2.14 bits per heavy atom. The highest BCUT2D eigenvalue weighted by Crippen LogP contribution is 2.25. The number of piperidine rings is 1. The summed E-state index contributed by atoms with van der Waals surface area (Å²) in [5.74, 6) is 0.105. The van der Waals surface area contributed by atoms with Gasteiger partial charge in [0.15, 0.2) is 0 Å². The Labute approximate surface area is 124 Å². The minimum Gasteiger partial charge on any atom is -0.350 e. The minimum absolute atomic E-state index is 0.0701. The van der Waals surface area contributed by atoms with Gasteiger partial charge in [-0.25, -0.2) is 0 Å². The normalized spacial score (nSPS) is 24.8. The molecule has 0 saturated carbocycles. The third kappa shape index (κ3) is 3.24.